The molecule has 126 valence electrons. The number of aromatic nitrogens is 3. The van der Waals surface area contributed by atoms with Gasteiger partial charge in [-0.25, -0.2) is 9.98 Å². The topological polar surface area (TPSA) is 35.1 Å². The Morgan fingerprint density at radius 1 is 1.17 bits per heavy atom. The van der Waals surface area contributed by atoms with Crippen LogP contribution in [0, 0.1) is 6.92 Å². The van der Waals surface area contributed by atoms with Crippen LogP contribution in [-0.2, 0) is 13.1 Å². The number of benzene rings is 1. The summed E-state index contributed by atoms with van der Waals surface area (Å²) in [6, 6.07) is 8.57. The number of imidazole rings is 1. The average Bonchev–Trinajstić information content (AvgIpc) is 3.20. The summed E-state index contributed by atoms with van der Waals surface area (Å²) in [6.45, 7) is 8.52. The van der Waals surface area contributed by atoms with Crippen LogP contribution < -0.4 is 4.80 Å². The maximum atomic E-state index is 4.84. The summed E-state index contributed by atoms with van der Waals surface area (Å²) in [4.78, 5) is 9.99. The Morgan fingerprint density at radius 2 is 1.96 bits per heavy atom. The number of hydrogen-bond donors (Lipinski definition) is 0. The fourth-order valence-electron chi connectivity index (χ4n) is 2.65. The van der Waals surface area contributed by atoms with Gasteiger partial charge in [-0.1, -0.05) is 26.0 Å². The quantitative estimate of drug-likeness (QED) is 0.650. The second-order valence-corrected chi connectivity index (χ2v) is 7.16. The van der Waals surface area contributed by atoms with E-state index in [9.17, 15) is 0 Å². The van der Waals surface area contributed by atoms with Gasteiger partial charge in [-0.3, -0.25) is 0 Å². The van der Waals surface area contributed by atoms with Gasteiger partial charge in [0.15, 0.2) is 4.80 Å². The highest BCUT2D eigenvalue weighted by Crippen LogP contribution is 2.18. The van der Waals surface area contributed by atoms with Crippen molar-refractivity contribution in [2.45, 2.75) is 46.2 Å². The first kappa shape index (κ1) is 16.7. The third kappa shape index (κ3) is 4.03. The van der Waals surface area contributed by atoms with Gasteiger partial charge < -0.3 is 9.13 Å². The molecule has 0 aliphatic rings. The van der Waals surface area contributed by atoms with Crippen molar-refractivity contribution < 1.29 is 0 Å². The molecule has 0 atom stereocenters. The Morgan fingerprint density at radius 3 is 2.62 bits per heavy atom. The normalized spacial score (nSPS) is 12.2. The fourth-order valence-corrected chi connectivity index (χ4v) is 3.57. The van der Waals surface area contributed by atoms with Gasteiger partial charge in [0.05, 0.1) is 12.0 Å². The zero-order chi connectivity index (χ0) is 16.9. The molecule has 0 aliphatic carbocycles. The second kappa shape index (κ2) is 7.62. The van der Waals surface area contributed by atoms with Gasteiger partial charge in [0.2, 0.25) is 0 Å². The third-order valence-corrected chi connectivity index (χ3v) is 5.11. The fraction of sp³-hybridized carbons (Fsp3) is 0.368. The highest BCUT2D eigenvalue weighted by molar-refractivity contribution is 7.07. The molecule has 0 spiro atoms. The van der Waals surface area contributed by atoms with Crippen LogP contribution in [0.25, 0.3) is 0 Å². The monoisotopic (exact) mass is 340 g/mol. The SMILES string of the molecule is Cc1csc(=Nc2ccc(C(C)C)cc2)n1CCCn1ccnc1. The van der Waals surface area contributed by atoms with Gasteiger partial charge >= 0.3 is 0 Å². The molecule has 0 unspecified atom stereocenters. The first-order valence-electron chi connectivity index (χ1n) is 8.39. The van der Waals surface area contributed by atoms with Crippen molar-refractivity contribution in [1.29, 1.82) is 0 Å². The van der Waals surface area contributed by atoms with E-state index < -0.39 is 0 Å². The molecule has 0 N–H and O–H groups in total. The van der Waals surface area contributed by atoms with Crippen LogP contribution in [-0.4, -0.2) is 14.1 Å². The predicted molar refractivity (Wildman–Crippen MR) is 99.6 cm³/mol. The Hall–Kier alpha value is -2.14. The van der Waals surface area contributed by atoms with Crippen LogP contribution in [0.3, 0.4) is 0 Å². The molecule has 1 aromatic carbocycles. The molecule has 0 fully saturated rings. The summed E-state index contributed by atoms with van der Waals surface area (Å²) in [5, 5.41) is 2.18. The molecule has 24 heavy (non-hydrogen) atoms. The van der Waals surface area contributed by atoms with E-state index in [0.29, 0.717) is 5.92 Å². The standard InChI is InChI=1S/C19H24N4S/c1-15(2)17-5-7-18(8-6-17)21-19-23(16(3)13-24-19)11-4-10-22-12-9-20-14-22/h5-9,12-15H,4,10-11H2,1-3H3. The number of aryl methyl sites for hydroxylation is 2. The van der Waals surface area contributed by atoms with Gasteiger partial charge in [0.25, 0.3) is 0 Å². The number of nitrogens with zero attached hydrogens (tertiary/aromatic N) is 4. The highest BCUT2D eigenvalue weighted by atomic mass is 32.1. The van der Waals surface area contributed by atoms with Crippen molar-refractivity contribution in [1.82, 2.24) is 14.1 Å². The maximum Gasteiger partial charge on any atom is 0.190 e. The molecule has 3 aromatic rings. The van der Waals surface area contributed by atoms with Gasteiger partial charge in [-0.05, 0) is 37.0 Å². The van der Waals surface area contributed by atoms with Crippen molar-refractivity contribution in [3.63, 3.8) is 0 Å². The minimum Gasteiger partial charge on any atom is -0.337 e. The molecule has 5 heteroatoms. The number of hydrogen-bond acceptors (Lipinski definition) is 3. The molecule has 3 rings (SSSR count). The minimum atomic E-state index is 0.552. The molecular formula is C19H24N4S. The largest absolute Gasteiger partial charge is 0.337 e. The lowest BCUT2D eigenvalue weighted by Gasteiger charge is -2.07. The van der Waals surface area contributed by atoms with Crippen LogP contribution in [0.1, 0.15) is 37.4 Å². The zero-order valence-electron chi connectivity index (χ0n) is 14.5. The highest BCUT2D eigenvalue weighted by Gasteiger charge is 2.03. The maximum absolute atomic E-state index is 4.84. The molecule has 4 nitrogen and oxygen atoms in total. The van der Waals surface area contributed by atoms with Gasteiger partial charge in [0.1, 0.15) is 0 Å². The van der Waals surface area contributed by atoms with Crippen LogP contribution in [0.2, 0.25) is 0 Å². The smallest absolute Gasteiger partial charge is 0.190 e. The molecule has 0 aliphatic heterocycles. The lowest BCUT2D eigenvalue weighted by molar-refractivity contribution is 0.548. The Balaban J connectivity index is 1.75. The molecule has 0 radical (unpaired) electrons. The molecule has 0 amide bonds. The number of thiazole rings is 1. The predicted octanol–water partition coefficient (Wildman–Crippen LogP) is 4.50. The van der Waals surface area contributed by atoms with E-state index in [-0.39, 0.29) is 0 Å². The summed E-state index contributed by atoms with van der Waals surface area (Å²) in [6.07, 6.45) is 6.76. The summed E-state index contributed by atoms with van der Waals surface area (Å²) < 4.78 is 4.42. The van der Waals surface area contributed by atoms with Crippen LogP contribution in [0.5, 0.6) is 0 Å². The Labute approximate surface area is 147 Å². The van der Waals surface area contributed by atoms with E-state index in [1.165, 1.54) is 11.3 Å². The van der Waals surface area contributed by atoms with E-state index in [1.807, 2.05) is 18.7 Å². The molecule has 0 saturated heterocycles. The van der Waals surface area contributed by atoms with Gasteiger partial charge in [-0.2, -0.15) is 0 Å². The molecular weight excluding hydrogens is 316 g/mol. The summed E-state index contributed by atoms with van der Waals surface area (Å²) >= 11 is 1.71. The van der Waals surface area contributed by atoms with E-state index in [2.05, 4.69) is 64.5 Å². The molecule has 0 bridgehead atoms. The van der Waals surface area contributed by atoms with E-state index >= 15 is 0 Å². The number of rotatable bonds is 6. The van der Waals surface area contributed by atoms with E-state index in [4.69, 9.17) is 4.99 Å². The third-order valence-electron chi connectivity index (χ3n) is 4.13. The van der Waals surface area contributed by atoms with Crippen molar-refractivity contribution in [2.75, 3.05) is 0 Å². The van der Waals surface area contributed by atoms with Crippen molar-refractivity contribution >= 4 is 17.0 Å². The molecule has 0 saturated carbocycles. The summed E-state index contributed by atoms with van der Waals surface area (Å²) in [7, 11) is 0. The van der Waals surface area contributed by atoms with Crippen LogP contribution in [0.4, 0.5) is 5.69 Å². The van der Waals surface area contributed by atoms with Crippen molar-refractivity contribution in [2.24, 2.45) is 4.99 Å². The second-order valence-electron chi connectivity index (χ2n) is 6.32. The molecule has 2 aromatic heterocycles. The first-order valence-corrected chi connectivity index (χ1v) is 9.27. The average molecular weight is 340 g/mol. The molecule has 2 heterocycles. The minimum absolute atomic E-state index is 0.552. The Bertz CT molecular complexity index is 823. The lowest BCUT2D eigenvalue weighted by atomic mass is 10.0. The first-order chi connectivity index (χ1) is 11.6. The lowest BCUT2D eigenvalue weighted by Crippen LogP contribution is -2.17. The van der Waals surface area contributed by atoms with Crippen LogP contribution >= 0.6 is 11.3 Å². The summed E-state index contributed by atoms with van der Waals surface area (Å²) in [5.41, 5.74) is 3.64. The van der Waals surface area contributed by atoms with Gasteiger partial charge in [0, 0.05) is 36.6 Å². The van der Waals surface area contributed by atoms with Gasteiger partial charge in [-0.15, -0.1) is 11.3 Å². The van der Waals surface area contributed by atoms with Crippen molar-refractivity contribution in [3.05, 3.63) is 64.4 Å². The van der Waals surface area contributed by atoms with E-state index in [0.717, 1.165) is 30.0 Å². The Kier molecular flexibility index (Phi) is 5.30. The van der Waals surface area contributed by atoms with E-state index in [1.54, 1.807) is 11.3 Å². The van der Waals surface area contributed by atoms with Crippen molar-refractivity contribution in [3.8, 4) is 0 Å². The summed E-state index contributed by atoms with van der Waals surface area (Å²) in [5.74, 6) is 0.552. The van der Waals surface area contributed by atoms with Crippen LogP contribution in [0.15, 0.2) is 53.4 Å². The zero-order valence-corrected chi connectivity index (χ0v) is 15.3.